The predicted octanol–water partition coefficient (Wildman–Crippen LogP) is 0.876. The van der Waals surface area contributed by atoms with Crippen molar-refractivity contribution in [2.45, 2.75) is 19.4 Å². The molecule has 0 aromatic heterocycles. The van der Waals surface area contributed by atoms with E-state index in [2.05, 4.69) is 16.0 Å². The molecule has 8 nitrogen and oxygen atoms in total. The van der Waals surface area contributed by atoms with Crippen LogP contribution in [0.3, 0.4) is 0 Å². The zero-order chi connectivity index (χ0) is 19.4. The zero-order valence-corrected chi connectivity index (χ0v) is 14.7. The summed E-state index contributed by atoms with van der Waals surface area (Å²) in [6.45, 7) is 1.91. The monoisotopic (exact) mass is 365 g/mol. The molecule has 0 bridgehead atoms. The van der Waals surface area contributed by atoms with E-state index in [4.69, 9.17) is 5.73 Å². The van der Waals surface area contributed by atoms with E-state index >= 15 is 0 Å². The quantitative estimate of drug-likeness (QED) is 0.697. The highest BCUT2D eigenvalue weighted by molar-refractivity contribution is 6.40. The van der Waals surface area contributed by atoms with Crippen LogP contribution in [0.4, 0.5) is 5.69 Å². The van der Waals surface area contributed by atoms with Crippen molar-refractivity contribution in [1.29, 1.82) is 0 Å². The molecule has 0 fully saturated rings. The number of hydrazine groups is 1. The lowest BCUT2D eigenvalue weighted by molar-refractivity contribution is -0.119. The molecular formula is C19H19N5O3. The topological polar surface area (TPSA) is 117 Å². The minimum Gasteiger partial charge on any atom is -0.368 e. The number of benzene rings is 2. The molecule has 1 aliphatic heterocycles. The second kappa shape index (κ2) is 7.69. The fourth-order valence-electron chi connectivity index (χ4n) is 2.65. The predicted molar refractivity (Wildman–Crippen MR) is 101 cm³/mol. The number of carbonyl (C=O) groups is 3. The second-order valence-electron chi connectivity index (χ2n) is 6.12. The number of para-hydroxylation sites is 1. The molecule has 27 heavy (non-hydrogen) atoms. The molecule has 3 rings (SSSR count). The lowest BCUT2D eigenvalue weighted by Crippen LogP contribution is -2.45. The van der Waals surface area contributed by atoms with Crippen LogP contribution in [0.5, 0.6) is 0 Å². The number of hydrogen-bond donors (Lipinski definition) is 3. The number of anilines is 1. The van der Waals surface area contributed by atoms with Crippen molar-refractivity contribution in [3.05, 3.63) is 65.7 Å². The van der Waals surface area contributed by atoms with E-state index in [0.29, 0.717) is 11.3 Å². The molecule has 1 heterocycles. The van der Waals surface area contributed by atoms with E-state index in [-0.39, 0.29) is 12.1 Å². The first-order valence-corrected chi connectivity index (χ1v) is 8.34. The summed E-state index contributed by atoms with van der Waals surface area (Å²) in [5.41, 5.74) is 12.3. The summed E-state index contributed by atoms with van der Waals surface area (Å²) < 4.78 is 0. The highest BCUT2D eigenvalue weighted by Crippen LogP contribution is 2.24. The largest absolute Gasteiger partial charge is 0.368 e. The molecule has 0 aliphatic carbocycles. The third-order valence-corrected chi connectivity index (χ3v) is 4.12. The van der Waals surface area contributed by atoms with Gasteiger partial charge in [-0.3, -0.25) is 30.2 Å². The molecule has 8 heteroatoms. The fraction of sp³-hybridized carbons (Fsp3) is 0.158. The second-order valence-corrected chi connectivity index (χ2v) is 6.12. The Morgan fingerprint density at radius 2 is 1.63 bits per heavy atom. The standard InChI is InChI=1S/C19H19N5O3/c1-12-7-9-13(10-8-12)18(26)21-22-19(27)15-11-16(17(20)25)24(23-15)14-5-3-2-4-6-14/h2-10,16H,11H2,1H3,(H2,20,25)(H,21,26)(H,22,27)/t16-/m0/s1. The highest BCUT2D eigenvalue weighted by atomic mass is 16.2. The molecule has 2 aromatic carbocycles. The van der Waals surface area contributed by atoms with Gasteiger partial charge in [0.25, 0.3) is 11.8 Å². The van der Waals surface area contributed by atoms with Crippen molar-refractivity contribution in [2.24, 2.45) is 10.8 Å². The van der Waals surface area contributed by atoms with Crippen molar-refractivity contribution in [1.82, 2.24) is 10.9 Å². The molecule has 0 unspecified atom stereocenters. The van der Waals surface area contributed by atoms with Gasteiger partial charge in [-0.25, -0.2) is 0 Å². The minimum atomic E-state index is -0.763. The minimum absolute atomic E-state index is 0.0520. The molecular weight excluding hydrogens is 346 g/mol. The van der Waals surface area contributed by atoms with Gasteiger partial charge in [0, 0.05) is 12.0 Å². The molecule has 0 saturated carbocycles. The first-order chi connectivity index (χ1) is 13.0. The Balaban J connectivity index is 1.68. The molecule has 3 amide bonds. The molecule has 1 atom stereocenters. The number of amides is 3. The summed E-state index contributed by atoms with van der Waals surface area (Å²) in [5, 5.41) is 5.62. The van der Waals surface area contributed by atoms with Crippen molar-refractivity contribution in [3.8, 4) is 0 Å². The zero-order valence-electron chi connectivity index (χ0n) is 14.7. The molecule has 2 aromatic rings. The lowest BCUT2D eigenvalue weighted by atomic mass is 10.1. The van der Waals surface area contributed by atoms with Crippen LogP contribution in [0, 0.1) is 6.92 Å². The van der Waals surface area contributed by atoms with Crippen molar-refractivity contribution < 1.29 is 14.4 Å². The molecule has 0 spiro atoms. The van der Waals surface area contributed by atoms with Gasteiger partial charge in [-0.2, -0.15) is 5.10 Å². The summed E-state index contributed by atoms with van der Waals surface area (Å²) in [7, 11) is 0. The van der Waals surface area contributed by atoms with E-state index < -0.39 is 23.8 Å². The molecule has 4 N–H and O–H groups in total. The van der Waals surface area contributed by atoms with Crippen molar-refractivity contribution in [3.63, 3.8) is 0 Å². The van der Waals surface area contributed by atoms with E-state index in [1.54, 1.807) is 48.5 Å². The van der Waals surface area contributed by atoms with Gasteiger partial charge in [0.1, 0.15) is 11.8 Å². The highest BCUT2D eigenvalue weighted by Gasteiger charge is 2.35. The van der Waals surface area contributed by atoms with Gasteiger partial charge >= 0.3 is 0 Å². The van der Waals surface area contributed by atoms with Gasteiger partial charge in [-0.15, -0.1) is 0 Å². The molecule has 0 radical (unpaired) electrons. The average molecular weight is 365 g/mol. The van der Waals surface area contributed by atoms with Crippen molar-refractivity contribution in [2.75, 3.05) is 5.01 Å². The summed E-state index contributed by atoms with van der Waals surface area (Å²) in [4.78, 5) is 36.2. The Bertz CT molecular complexity index is 893. The first-order valence-electron chi connectivity index (χ1n) is 8.34. The summed E-state index contributed by atoms with van der Waals surface area (Å²) in [6.07, 6.45) is 0.0520. The van der Waals surface area contributed by atoms with Crippen LogP contribution in [0.15, 0.2) is 59.7 Å². The van der Waals surface area contributed by atoms with Crippen LogP contribution in [0.1, 0.15) is 22.3 Å². The van der Waals surface area contributed by atoms with Crippen LogP contribution in [0.25, 0.3) is 0 Å². The third-order valence-electron chi connectivity index (χ3n) is 4.12. The third kappa shape index (κ3) is 4.12. The van der Waals surface area contributed by atoms with Crippen LogP contribution in [0.2, 0.25) is 0 Å². The Morgan fingerprint density at radius 3 is 2.26 bits per heavy atom. The number of hydrazone groups is 1. The van der Waals surface area contributed by atoms with Crippen LogP contribution >= 0.6 is 0 Å². The van der Waals surface area contributed by atoms with Gasteiger partial charge in [0.05, 0.1) is 5.69 Å². The van der Waals surface area contributed by atoms with E-state index in [1.807, 2.05) is 13.0 Å². The van der Waals surface area contributed by atoms with E-state index in [1.165, 1.54) is 5.01 Å². The summed E-state index contributed by atoms with van der Waals surface area (Å²) in [6, 6.07) is 15.1. The molecule has 1 aliphatic rings. The summed E-state index contributed by atoms with van der Waals surface area (Å²) in [5.74, 6) is -1.64. The smallest absolute Gasteiger partial charge is 0.285 e. The van der Waals surface area contributed by atoms with Crippen LogP contribution in [-0.4, -0.2) is 29.5 Å². The molecule has 138 valence electrons. The van der Waals surface area contributed by atoms with Crippen LogP contribution < -0.4 is 21.6 Å². The number of nitrogens with zero attached hydrogens (tertiary/aromatic N) is 2. The number of aryl methyl sites for hydroxylation is 1. The maximum atomic E-state index is 12.3. The Kier molecular flexibility index (Phi) is 5.16. The number of hydrogen-bond acceptors (Lipinski definition) is 5. The van der Waals surface area contributed by atoms with Gasteiger partial charge < -0.3 is 5.73 Å². The lowest BCUT2D eigenvalue weighted by Gasteiger charge is -2.20. The number of primary amides is 1. The average Bonchev–Trinajstić information content (AvgIpc) is 3.13. The Morgan fingerprint density at radius 1 is 1.00 bits per heavy atom. The SMILES string of the molecule is Cc1ccc(C(=O)NNC(=O)C2=NN(c3ccccc3)[C@H](C(N)=O)C2)cc1. The Labute approximate surface area is 156 Å². The fourth-order valence-corrected chi connectivity index (χ4v) is 2.65. The Hall–Kier alpha value is -3.68. The number of carbonyl (C=O) groups excluding carboxylic acids is 3. The number of nitrogens with two attached hydrogens (primary N) is 1. The van der Waals surface area contributed by atoms with Crippen molar-refractivity contribution >= 4 is 29.1 Å². The van der Waals surface area contributed by atoms with E-state index in [9.17, 15) is 14.4 Å². The number of rotatable bonds is 4. The van der Waals surface area contributed by atoms with E-state index in [0.717, 1.165) is 5.56 Å². The molecule has 0 saturated heterocycles. The maximum Gasteiger partial charge on any atom is 0.285 e. The summed E-state index contributed by atoms with van der Waals surface area (Å²) >= 11 is 0. The van der Waals surface area contributed by atoms with Gasteiger partial charge in [-0.05, 0) is 31.2 Å². The normalized spacial score (nSPS) is 15.8. The maximum absolute atomic E-state index is 12.3. The van der Waals surface area contributed by atoms with Gasteiger partial charge in [0.2, 0.25) is 5.91 Å². The first kappa shape index (κ1) is 18.1. The van der Waals surface area contributed by atoms with Crippen LogP contribution in [-0.2, 0) is 9.59 Å². The number of nitrogens with one attached hydrogen (secondary N) is 2. The van der Waals surface area contributed by atoms with Gasteiger partial charge in [0.15, 0.2) is 0 Å². The van der Waals surface area contributed by atoms with Gasteiger partial charge in [-0.1, -0.05) is 35.9 Å².